The Hall–Kier alpha value is -1.29. The lowest BCUT2D eigenvalue weighted by atomic mass is 10.1. The zero-order valence-corrected chi connectivity index (χ0v) is 10.9. The first-order valence-corrected chi connectivity index (χ1v) is 6.27. The van der Waals surface area contributed by atoms with Gasteiger partial charge in [-0.3, -0.25) is 0 Å². The molecule has 0 fully saturated rings. The van der Waals surface area contributed by atoms with Gasteiger partial charge >= 0.3 is 5.63 Å². The summed E-state index contributed by atoms with van der Waals surface area (Å²) >= 11 is 0. The van der Waals surface area contributed by atoms with E-state index in [2.05, 4.69) is 25.7 Å². The van der Waals surface area contributed by atoms with Gasteiger partial charge in [0.2, 0.25) is 0 Å². The van der Waals surface area contributed by atoms with Gasteiger partial charge in [-0.25, -0.2) is 4.79 Å². The molecule has 4 nitrogen and oxygen atoms in total. The normalized spacial score (nSPS) is 12.5. The monoisotopic (exact) mass is 238 g/mol. The van der Waals surface area contributed by atoms with Gasteiger partial charge in [0.05, 0.1) is 6.04 Å². The van der Waals surface area contributed by atoms with Gasteiger partial charge in [0, 0.05) is 30.9 Å². The summed E-state index contributed by atoms with van der Waals surface area (Å²) in [5, 5.41) is 0. The van der Waals surface area contributed by atoms with Crippen LogP contribution in [0.4, 0.5) is 5.69 Å². The van der Waals surface area contributed by atoms with Crippen molar-refractivity contribution in [1.82, 2.24) is 0 Å². The van der Waals surface area contributed by atoms with Gasteiger partial charge in [-0.1, -0.05) is 13.3 Å². The number of rotatable bonds is 6. The molecule has 0 aromatic carbocycles. The average molecular weight is 238 g/mol. The molecule has 4 heteroatoms. The standard InChI is InChI=1S/C13H22N2O2/c1-4-7-11(14)12-8-10(9-13(16)17-12)15(5-2)6-3/h8-9,11H,4-7,14H2,1-3H3/t11-/m1/s1. The Morgan fingerprint density at radius 2 is 1.94 bits per heavy atom. The van der Waals surface area contributed by atoms with E-state index in [1.807, 2.05) is 6.07 Å². The summed E-state index contributed by atoms with van der Waals surface area (Å²) in [6.07, 6.45) is 1.80. The number of hydrogen-bond donors (Lipinski definition) is 1. The molecule has 0 aliphatic heterocycles. The highest BCUT2D eigenvalue weighted by molar-refractivity contribution is 5.45. The van der Waals surface area contributed by atoms with E-state index in [9.17, 15) is 4.79 Å². The maximum atomic E-state index is 11.5. The third-order valence-electron chi connectivity index (χ3n) is 2.87. The molecule has 0 spiro atoms. The zero-order chi connectivity index (χ0) is 12.8. The fraction of sp³-hybridized carbons (Fsp3) is 0.615. The van der Waals surface area contributed by atoms with E-state index in [1.165, 1.54) is 6.07 Å². The van der Waals surface area contributed by atoms with Crippen LogP contribution in [0.2, 0.25) is 0 Å². The first kappa shape index (κ1) is 13.8. The Kier molecular flexibility index (Phi) is 5.22. The molecule has 0 unspecified atom stereocenters. The molecular weight excluding hydrogens is 216 g/mol. The second-order valence-electron chi connectivity index (χ2n) is 4.10. The minimum absolute atomic E-state index is 0.191. The summed E-state index contributed by atoms with van der Waals surface area (Å²) in [6, 6.07) is 3.22. The largest absolute Gasteiger partial charge is 0.426 e. The van der Waals surface area contributed by atoms with E-state index in [-0.39, 0.29) is 11.7 Å². The Labute approximate surface area is 102 Å². The van der Waals surface area contributed by atoms with Gasteiger partial charge in [-0.15, -0.1) is 0 Å². The molecule has 0 radical (unpaired) electrons. The lowest BCUT2D eigenvalue weighted by Gasteiger charge is -2.21. The van der Waals surface area contributed by atoms with E-state index in [0.717, 1.165) is 31.6 Å². The predicted molar refractivity (Wildman–Crippen MR) is 70.4 cm³/mol. The number of nitrogens with two attached hydrogens (primary N) is 1. The molecule has 0 amide bonds. The highest BCUT2D eigenvalue weighted by Gasteiger charge is 2.12. The van der Waals surface area contributed by atoms with Gasteiger partial charge in [0.15, 0.2) is 0 Å². The number of anilines is 1. The van der Waals surface area contributed by atoms with Crippen molar-refractivity contribution in [2.75, 3.05) is 18.0 Å². The predicted octanol–water partition coefficient (Wildman–Crippen LogP) is 2.29. The third kappa shape index (κ3) is 3.60. The van der Waals surface area contributed by atoms with Crippen LogP contribution in [-0.4, -0.2) is 13.1 Å². The van der Waals surface area contributed by atoms with Crippen LogP contribution >= 0.6 is 0 Å². The molecule has 0 saturated carbocycles. The van der Waals surface area contributed by atoms with Crippen LogP contribution < -0.4 is 16.3 Å². The Morgan fingerprint density at radius 3 is 2.47 bits per heavy atom. The van der Waals surface area contributed by atoms with Gasteiger partial charge in [0.25, 0.3) is 0 Å². The highest BCUT2D eigenvalue weighted by atomic mass is 16.4. The summed E-state index contributed by atoms with van der Waals surface area (Å²) in [6.45, 7) is 7.91. The maximum absolute atomic E-state index is 11.5. The molecule has 17 heavy (non-hydrogen) atoms. The lowest BCUT2D eigenvalue weighted by Crippen LogP contribution is -2.24. The van der Waals surface area contributed by atoms with E-state index >= 15 is 0 Å². The minimum atomic E-state index is -0.323. The van der Waals surface area contributed by atoms with Crippen LogP contribution in [0.3, 0.4) is 0 Å². The van der Waals surface area contributed by atoms with Crippen molar-refractivity contribution in [1.29, 1.82) is 0 Å². The van der Waals surface area contributed by atoms with Crippen molar-refractivity contribution in [3.05, 3.63) is 28.3 Å². The van der Waals surface area contributed by atoms with Crippen molar-refractivity contribution in [3.8, 4) is 0 Å². The van der Waals surface area contributed by atoms with E-state index in [4.69, 9.17) is 10.2 Å². The van der Waals surface area contributed by atoms with E-state index in [1.54, 1.807) is 0 Å². The molecule has 96 valence electrons. The quantitative estimate of drug-likeness (QED) is 0.826. The first-order valence-electron chi connectivity index (χ1n) is 6.27. The third-order valence-corrected chi connectivity index (χ3v) is 2.87. The van der Waals surface area contributed by atoms with Crippen LogP contribution in [0.15, 0.2) is 21.3 Å². The second kappa shape index (κ2) is 6.45. The highest BCUT2D eigenvalue weighted by Crippen LogP contribution is 2.20. The van der Waals surface area contributed by atoms with Crippen molar-refractivity contribution in [2.45, 2.75) is 39.7 Å². The van der Waals surface area contributed by atoms with Gasteiger partial charge < -0.3 is 15.1 Å². The summed E-state index contributed by atoms with van der Waals surface area (Å²) < 4.78 is 5.16. The SMILES string of the molecule is CCC[C@@H](N)c1cc(N(CC)CC)cc(=O)o1. The van der Waals surface area contributed by atoms with Gasteiger partial charge in [-0.05, 0) is 20.3 Å². The van der Waals surface area contributed by atoms with Crippen LogP contribution in [0.5, 0.6) is 0 Å². The van der Waals surface area contributed by atoms with Crippen molar-refractivity contribution >= 4 is 5.69 Å². The Bertz CT molecular complexity index is 397. The molecule has 1 aromatic rings. The summed E-state index contributed by atoms with van der Waals surface area (Å²) in [5.74, 6) is 0.584. The number of hydrogen-bond acceptors (Lipinski definition) is 4. The van der Waals surface area contributed by atoms with Gasteiger partial charge in [0.1, 0.15) is 5.76 Å². The number of nitrogens with zero attached hydrogens (tertiary/aromatic N) is 1. The van der Waals surface area contributed by atoms with Crippen LogP contribution in [0.1, 0.15) is 45.4 Å². The summed E-state index contributed by atoms with van der Waals surface area (Å²) in [4.78, 5) is 13.6. The molecule has 0 aliphatic rings. The van der Waals surface area contributed by atoms with Crippen molar-refractivity contribution < 1.29 is 4.42 Å². The Balaban J connectivity index is 3.05. The molecule has 0 aliphatic carbocycles. The molecular formula is C13H22N2O2. The molecule has 1 aromatic heterocycles. The van der Waals surface area contributed by atoms with Crippen LogP contribution in [0, 0.1) is 0 Å². The minimum Gasteiger partial charge on any atom is -0.426 e. The first-order chi connectivity index (χ1) is 8.12. The molecule has 1 rings (SSSR count). The fourth-order valence-electron chi connectivity index (χ4n) is 1.89. The zero-order valence-electron chi connectivity index (χ0n) is 10.9. The molecule has 0 saturated heterocycles. The van der Waals surface area contributed by atoms with E-state index in [0.29, 0.717) is 5.76 Å². The average Bonchev–Trinajstić information content (AvgIpc) is 2.30. The van der Waals surface area contributed by atoms with Gasteiger partial charge in [-0.2, -0.15) is 0 Å². The summed E-state index contributed by atoms with van der Waals surface area (Å²) in [5.41, 5.74) is 6.55. The smallest absolute Gasteiger partial charge is 0.337 e. The van der Waals surface area contributed by atoms with E-state index < -0.39 is 0 Å². The maximum Gasteiger partial charge on any atom is 0.337 e. The van der Waals surface area contributed by atoms with Crippen LogP contribution in [0.25, 0.3) is 0 Å². The molecule has 2 N–H and O–H groups in total. The van der Waals surface area contributed by atoms with Crippen molar-refractivity contribution in [2.24, 2.45) is 5.73 Å². The van der Waals surface area contributed by atoms with Crippen LogP contribution in [-0.2, 0) is 0 Å². The van der Waals surface area contributed by atoms with Crippen molar-refractivity contribution in [3.63, 3.8) is 0 Å². The second-order valence-corrected chi connectivity index (χ2v) is 4.10. The molecule has 0 bridgehead atoms. The topological polar surface area (TPSA) is 59.5 Å². The Morgan fingerprint density at radius 1 is 1.29 bits per heavy atom. The summed E-state index contributed by atoms with van der Waals surface area (Å²) in [7, 11) is 0. The fourth-order valence-corrected chi connectivity index (χ4v) is 1.89. The molecule has 1 heterocycles. The lowest BCUT2D eigenvalue weighted by molar-refractivity contribution is 0.412. The molecule has 1 atom stereocenters.